The van der Waals surface area contributed by atoms with Crippen molar-refractivity contribution in [1.29, 1.82) is 0 Å². The molecule has 18 heavy (non-hydrogen) atoms. The van der Waals surface area contributed by atoms with Gasteiger partial charge >= 0.3 is 0 Å². The highest BCUT2D eigenvalue weighted by Crippen LogP contribution is 2.34. The van der Waals surface area contributed by atoms with Crippen LogP contribution in [0.3, 0.4) is 0 Å². The van der Waals surface area contributed by atoms with Crippen LogP contribution >= 0.6 is 23.4 Å². The summed E-state index contributed by atoms with van der Waals surface area (Å²) < 4.78 is 0. The minimum Gasteiger partial charge on any atom is -0.335 e. The van der Waals surface area contributed by atoms with Crippen LogP contribution in [0, 0.1) is 6.92 Å². The topological polar surface area (TPSA) is 24.4 Å². The van der Waals surface area contributed by atoms with Gasteiger partial charge in [0.25, 0.3) is 0 Å². The maximum absolute atomic E-state index is 6.12. The van der Waals surface area contributed by atoms with Crippen LogP contribution in [0.5, 0.6) is 0 Å². The van der Waals surface area contributed by atoms with Gasteiger partial charge in [-0.3, -0.25) is 4.99 Å². The average Bonchev–Trinajstić information content (AvgIpc) is 2.79. The van der Waals surface area contributed by atoms with Crippen molar-refractivity contribution in [3.05, 3.63) is 28.8 Å². The molecule has 0 saturated heterocycles. The Bertz CT molecular complexity index is 467. The van der Waals surface area contributed by atoms with Crippen molar-refractivity contribution >= 4 is 34.2 Å². The molecule has 98 valence electrons. The third-order valence-electron chi connectivity index (χ3n) is 3.64. The van der Waals surface area contributed by atoms with Crippen LogP contribution in [0.1, 0.15) is 32.3 Å². The molecule has 4 heteroatoms. The molecular formula is C14H19ClN2S. The number of thioether (sulfide) groups is 1. The number of aliphatic imine (C=N–C) groups is 1. The Kier molecular flexibility index (Phi) is 4.23. The Morgan fingerprint density at radius 2 is 2.11 bits per heavy atom. The Balaban J connectivity index is 2.18. The summed E-state index contributed by atoms with van der Waals surface area (Å²) in [5.41, 5.74) is 2.25. The number of anilines is 1. The van der Waals surface area contributed by atoms with Crippen LogP contribution in [0.2, 0.25) is 5.02 Å². The summed E-state index contributed by atoms with van der Waals surface area (Å²) in [4.78, 5) is 4.85. The lowest BCUT2D eigenvalue weighted by atomic mass is 9.97. The fourth-order valence-corrected chi connectivity index (χ4v) is 3.51. The first-order chi connectivity index (χ1) is 8.60. The van der Waals surface area contributed by atoms with E-state index in [1.165, 1.54) is 0 Å². The lowest BCUT2D eigenvalue weighted by molar-refractivity contribution is 0.456. The Morgan fingerprint density at radius 1 is 1.39 bits per heavy atom. The summed E-state index contributed by atoms with van der Waals surface area (Å²) in [6.45, 7) is 6.44. The number of nitrogens with zero attached hydrogens (tertiary/aromatic N) is 1. The molecule has 0 bridgehead atoms. The molecule has 0 atom stereocenters. The molecule has 1 aliphatic heterocycles. The molecule has 0 aromatic heterocycles. The van der Waals surface area contributed by atoms with Gasteiger partial charge in [0.15, 0.2) is 5.17 Å². The van der Waals surface area contributed by atoms with E-state index in [-0.39, 0.29) is 5.54 Å². The Hall–Kier alpha value is -0.670. The largest absolute Gasteiger partial charge is 0.335 e. The number of halogens is 1. The average molecular weight is 283 g/mol. The highest BCUT2D eigenvalue weighted by atomic mass is 35.5. The number of hydrogen-bond donors (Lipinski definition) is 1. The van der Waals surface area contributed by atoms with Gasteiger partial charge in [0.1, 0.15) is 0 Å². The normalized spacial score (nSPS) is 17.7. The molecule has 2 nitrogen and oxygen atoms in total. The molecule has 1 aliphatic rings. The minimum absolute atomic E-state index is 0.124. The van der Waals surface area contributed by atoms with Crippen LogP contribution in [-0.2, 0) is 0 Å². The zero-order valence-corrected chi connectivity index (χ0v) is 12.7. The lowest BCUT2D eigenvalue weighted by Gasteiger charge is -2.20. The molecule has 0 radical (unpaired) electrons. The van der Waals surface area contributed by atoms with E-state index in [2.05, 4.69) is 19.2 Å². The van der Waals surface area contributed by atoms with E-state index in [4.69, 9.17) is 16.6 Å². The fraction of sp³-hybridized carbons (Fsp3) is 0.500. The maximum Gasteiger partial charge on any atom is 0.161 e. The van der Waals surface area contributed by atoms with Crippen molar-refractivity contribution in [2.24, 2.45) is 4.99 Å². The molecule has 1 aromatic carbocycles. The Morgan fingerprint density at radius 3 is 2.72 bits per heavy atom. The van der Waals surface area contributed by atoms with Gasteiger partial charge in [-0.05, 0) is 37.5 Å². The van der Waals surface area contributed by atoms with Crippen molar-refractivity contribution in [3.8, 4) is 0 Å². The van der Waals surface area contributed by atoms with Crippen LogP contribution in [-0.4, -0.2) is 16.5 Å². The predicted molar refractivity (Wildman–Crippen MR) is 83.0 cm³/mol. The van der Waals surface area contributed by atoms with Gasteiger partial charge in [0, 0.05) is 16.5 Å². The quantitative estimate of drug-likeness (QED) is 0.867. The number of nitrogens with one attached hydrogen (secondary N) is 1. The van der Waals surface area contributed by atoms with Crippen LogP contribution < -0.4 is 5.32 Å². The molecule has 1 aromatic rings. The molecule has 0 aliphatic carbocycles. The number of benzene rings is 1. The summed E-state index contributed by atoms with van der Waals surface area (Å²) >= 11 is 7.93. The van der Waals surface area contributed by atoms with Gasteiger partial charge in [-0.1, -0.05) is 43.3 Å². The molecular weight excluding hydrogens is 264 g/mol. The molecule has 1 heterocycles. The smallest absolute Gasteiger partial charge is 0.161 e. The maximum atomic E-state index is 6.12. The second-order valence-corrected chi connectivity index (χ2v) is 6.05. The fourth-order valence-electron chi connectivity index (χ4n) is 2.02. The summed E-state index contributed by atoms with van der Waals surface area (Å²) in [6, 6.07) is 5.92. The zero-order chi connectivity index (χ0) is 13.2. The van der Waals surface area contributed by atoms with Gasteiger partial charge in [0.05, 0.1) is 5.54 Å². The van der Waals surface area contributed by atoms with Crippen molar-refractivity contribution in [1.82, 2.24) is 0 Å². The number of rotatable bonds is 3. The van der Waals surface area contributed by atoms with Gasteiger partial charge in [-0.25, -0.2) is 0 Å². The SMILES string of the molecule is CCC1(CC)CSC(Nc2cccc(Cl)c2C)=N1. The minimum atomic E-state index is 0.124. The standard InChI is InChI=1S/C14H19ClN2S/c1-4-14(5-2)9-18-13(17-14)16-12-8-6-7-11(15)10(12)3/h6-8H,4-5,9H2,1-3H3,(H,16,17). The molecule has 1 N–H and O–H groups in total. The first-order valence-electron chi connectivity index (χ1n) is 6.35. The van der Waals surface area contributed by atoms with Gasteiger partial charge in [-0.2, -0.15) is 0 Å². The predicted octanol–water partition coefficient (Wildman–Crippen LogP) is 4.72. The van der Waals surface area contributed by atoms with Crippen molar-refractivity contribution in [2.45, 2.75) is 39.2 Å². The van der Waals surface area contributed by atoms with Gasteiger partial charge in [0.2, 0.25) is 0 Å². The zero-order valence-electron chi connectivity index (χ0n) is 11.1. The molecule has 0 fully saturated rings. The molecule has 0 amide bonds. The van der Waals surface area contributed by atoms with E-state index >= 15 is 0 Å². The first-order valence-corrected chi connectivity index (χ1v) is 7.71. The lowest BCUT2D eigenvalue weighted by Crippen LogP contribution is -2.24. The second-order valence-electron chi connectivity index (χ2n) is 4.67. The third kappa shape index (κ3) is 2.67. The summed E-state index contributed by atoms with van der Waals surface area (Å²) in [7, 11) is 0. The van der Waals surface area contributed by atoms with Gasteiger partial charge in [-0.15, -0.1) is 0 Å². The molecule has 0 saturated carbocycles. The second kappa shape index (κ2) is 5.54. The van der Waals surface area contributed by atoms with Crippen LogP contribution in [0.25, 0.3) is 0 Å². The third-order valence-corrected chi connectivity index (χ3v) is 5.20. The molecule has 0 spiro atoms. The van der Waals surface area contributed by atoms with Crippen molar-refractivity contribution < 1.29 is 0 Å². The van der Waals surface area contributed by atoms with Crippen LogP contribution in [0.15, 0.2) is 23.2 Å². The van der Waals surface area contributed by atoms with Crippen molar-refractivity contribution in [3.63, 3.8) is 0 Å². The van der Waals surface area contributed by atoms with E-state index in [0.717, 1.165) is 40.0 Å². The van der Waals surface area contributed by atoms with E-state index in [1.807, 2.05) is 25.1 Å². The van der Waals surface area contributed by atoms with Crippen LogP contribution in [0.4, 0.5) is 5.69 Å². The highest BCUT2D eigenvalue weighted by Gasteiger charge is 2.32. The number of hydrogen-bond acceptors (Lipinski definition) is 3. The highest BCUT2D eigenvalue weighted by molar-refractivity contribution is 8.14. The molecule has 0 unspecified atom stereocenters. The monoisotopic (exact) mass is 282 g/mol. The van der Waals surface area contributed by atoms with E-state index in [9.17, 15) is 0 Å². The van der Waals surface area contributed by atoms with E-state index in [0.29, 0.717) is 0 Å². The Labute approximate surface area is 118 Å². The van der Waals surface area contributed by atoms with E-state index < -0.39 is 0 Å². The van der Waals surface area contributed by atoms with Gasteiger partial charge < -0.3 is 5.32 Å². The summed E-state index contributed by atoms with van der Waals surface area (Å²) in [5.74, 6) is 1.07. The summed E-state index contributed by atoms with van der Waals surface area (Å²) in [6.07, 6.45) is 2.19. The van der Waals surface area contributed by atoms with Crippen molar-refractivity contribution in [2.75, 3.05) is 11.1 Å². The summed E-state index contributed by atoms with van der Waals surface area (Å²) in [5, 5.41) is 5.21. The van der Waals surface area contributed by atoms with E-state index in [1.54, 1.807) is 11.8 Å². The first kappa shape index (κ1) is 13.8. The molecule has 2 rings (SSSR count). The number of amidine groups is 1.